The Morgan fingerprint density at radius 1 is 1.59 bits per heavy atom. The van der Waals surface area contributed by atoms with Gasteiger partial charge < -0.3 is 15.7 Å². The molecule has 0 bridgehead atoms. The molecule has 0 unspecified atom stereocenters. The van der Waals surface area contributed by atoms with E-state index in [0.29, 0.717) is 11.3 Å². The van der Waals surface area contributed by atoms with Crippen molar-refractivity contribution in [1.29, 1.82) is 0 Å². The van der Waals surface area contributed by atoms with Gasteiger partial charge in [-0.05, 0) is 37.5 Å². The summed E-state index contributed by atoms with van der Waals surface area (Å²) in [6, 6.07) is 5.32. The molecule has 0 saturated carbocycles. The lowest BCUT2D eigenvalue weighted by Crippen LogP contribution is -2.37. The monoisotopic (exact) mass is 234 g/mol. The van der Waals surface area contributed by atoms with Crippen LogP contribution >= 0.6 is 0 Å². The van der Waals surface area contributed by atoms with Gasteiger partial charge in [-0.25, -0.2) is 0 Å². The molecule has 1 aliphatic heterocycles. The fourth-order valence-electron chi connectivity index (χ4n) is 2.23. The van der Waals surface area contributed by atoms with Gasteiger partial charge in [0.05, 0.1) is 12.6 Å². The van der Waals surface area contributed by atoms with E-state index in [1.807, 2.05) is 13.0 Å². The Bertz CT molecular complexity index is 431. The Balaban J connectivity index is 2.21. The van der Waals surface area contributed by atoms with Crippen LogP contribution in [0.5, 0.6) is 0 Å². The summed E-state index contributed by atoms with van der Waals surface area (Å²) in [5.74, 6) is -0.0340. The van der Waals surface area contributed by atoms with Gasteiger partial charge in [0.15, 0.2) is 0 Å². The number of carbonyl (C=O) groups is 1. The van der Waals surface area contributed by atoms with Crippen LogP contribution in [0.25, 0.3) is 0 Å². The van der Waals surface area contributed by atoms with Crippen LogP contribution in [0.3, 0.4) is 0 Å². The third kappa shape index (κ3) is 2.26. The van der Waals surface area contributed by atoms with Crippen LogP contribution in [-0.2, 0) is 0 Å². The second kappa shape index (κ2) is 4.75. The van der Waals surface area contributed by atoms with E-state index in [9.17, 15) is 9.90 Å². The fraction of sp³-hybridized carbons (Fsp3) is 0.462. The molecule has 1 fully saturated rings. The number of hydrogen-bond donors (Lipinski definition) is 2. The molecule has 0 aromatic heterocycles. The molecule has 0 aliphatic carbocycles. The first-order valence-electron chi connectivity index (χ1n) is 5.91. The number of aryl methyl sites for hydroxylation is 1. The van der Waals surface area contributed by atoms with Crippen molar-refractivity contribution in [3.8, 4) is 0 Å². The first-order valence-corrected chi connectivity index (χ1v) is 5.91. The predicted molar refractivity (Wildman–Crippen MR) is 66.7 cm³/mol. The van der Waals surface area contributed by atoms with Gasteiger partial charge in [0.25, 0.3) is 5.91 Å². The van der Waals surface area contributed by atoms with Crippen molar-refractivity contribution in [2.75, 3.05) is 18.9 Å². The number of hydrogen-bond acceptors (Lipinski definition) is 3. The summed E-state index contributed by atoms with van der Waals surface area (Å²) in [4.78, 5) is 14.0. The van der Waals surface area contributed by atoms with E-state index in [0.717, 1.165) is 24.9 Å². The molecule has 1 heterocycles. The zero-order chi connectivity index (χ0) is 12.4. The molecule has 1 aromatic carbocycles. The van der Waals surface area contributed by atoms with Gasteiger partial charge in [-0.15, -0.1) is 0 Å². The molecule has 17 heavy (non-hydrogen) atoms. The first-order chi connectivity index (χ1) is 8.13. The average Bonchev–Trinajstić information content (AvgIpc) is 2.80. The maximum absolute atomic E-state index is 12.2. The number of rotatable bonds is 2. The number of nitrogens with zero attached hydrogens (tertiary/aromatic N) is 1. The molecule has 0 spiro atoms. The van der Waals surface area contributed by atoms with Gasteiger partial charge in [0.2, 0.25) is 0 Å². The smallest absolute Gasteiger partial charge is 0.254 e. The molecule has 92 valence electrons. The maximum Gasteiger partial charge on any atom is 0.254 e. The quantitative estimate of drug-likeness (QED) is 0.755. The SMILES string of the molecule is Cc1ccc(C(=O)N2CCC[C@H]2CO)cc1N. The molecule has 2 rings (SSSR count). The van der Waals surface area contributed by atoms with Crippen molar-refractivity contribution in [2.45, 2.75) is 25.8 Å². The van der Waals surface area contributed by atoms with Crippen LogP contribution in [0, 0.1) is 6.92 Å². The molecule has 4 heteroatoms. The van der Waals surface area contributed by atoms with E-state index < -0.39 is 0 Å². The topological polar surface area (TPSA) is 66.6 Å². The van der Waals surface area contributed by atoms with Crippen LogP contribution in [0.4, 0.5) is 5.69 Å². The summed E-state index contributed by atoms with van der Waals surface area (Å²) >= 11 is 0. The van der Waals surface area contributed by atoms with Crippen LogP contribution in [-0.4, -0.2) is 35.1 Å². The minimum atomic E-state index is -0.0370. The van der Waals surface area contributed by atoms with Crippen LogP contribution in [0.15, 0.2) is 18.2 Å². The molecule has 1 saturated heterocycles. The van der Waals surface area contributed by atoms with Gasteiger partial charge in [-0.2, -0.15) is 0 Å². The summed E-state index contributed by atoms with van der Waals surface area (Å²) in [6.07, 6.45) is 1.84. The highest BCUT2D eigenvalue weighted by atomic mass is 16.3. The van der Waals surface area contributed by atoms with Gasteiger partial charge in [-0.1, -0.05) is 6.07 Å². The van der Waals surface area contributed by atoms with Gasteiger partial charge in [-0.3, -0.25) is 4.79 Å². The second-order valence-electron chi connectivity index (χ2n) is 4.55. The minimum Gasteiger partial charge on any atom is -0.398 e. The summed E-state index contributed by atoms with van der Waals surface area (Å²) in [5, 5.41) is 9.21. The molecule has 1 aliphatic rings. The van der Waals surface area contributed by atoms with Crippen LogP contribution in [0.2, 0.25) is 0 Å². The van der Waals surface area contributed by atoms with E-state index in [4.69, 9.17) is 5.73 Å². The lowest BCUT2D eigenvalue weighted by atomic mass is 10.1. The second-order valence-corrected chi connectivity index (χ2v) is 4.55. The number of nitrogens with two attached hydrogens (primary N) is 1. The minimum absolute atomic E-state index is 0.0340. The van der Waals surface area contributed by atoms with Crippen molar-refractivity contribution in [1.82, 2.24) is 4.90 Å². The highest BCUT2D eigenvalue weighted by Crippen LogP contribution is 2.21. The Morgan fingerprint density at radius 2 is 2.35 bits per heavy atom. The van der Waals surface area contributed by atoms with E-state index in [-0.39, 0.29) is 18.6 Å². The third-order valence-corrected chi connectivity index (χ3v) is 3.37. The molecule has 1 aromatic rings. The number of nitrogen functional groups attached to an aromatic ring is 1. The lowest BCUT2D eigenvalue weighted by molar-refractivity contribution is 0.0677. The predicted octanol–water partition coefficient (Wildman–Crippen LogP) is 1.17. The van der Waals surface area contributed by atoms with E-state index in [1.165, 1.54) is 0 Å². The number of aliphatic hydroxyl groups excluding tert-OH is 1. The van der Waals surface area contributed by atoms with Gasteiger partial charge in [0.1, 0.15) is 0 Å². The number of carbonyl (C=O) groups excluding carboxylic acids is 1. The number of aliphatic hydroxyl groups is 1. The Kier molecular flexibility index (Phi) is 3.33. The molecular formula is C13H18N2O2. The van der Waals surface area contributed by atoms with E-state index in [2.05, 4.69) is 0 Å². The van der Waals surface area contributed by atoms with Gasteiger partial charge in [0, 0.05) is 17.8 Å². The molecule has 1 amide bonds. The van der Waals surface area contributed by atoms with Crippen LogP contribution in [0.1, 0.15) is 28.8 Å². The molecule has 3 N–H and O–H groups in total. The Labute approximate surface area is 101 Å². The average molecular weight is 234 g/mol. The molecule has 4 nitrogen and oxygen atoms in total. The fourth-order valence-corrected chi connectivity index (χ4v) is 2.23. The van der Waals surface area contributed by atoms with E-state index >= 15 is 0 Å². The van der Waals surface area contributed by atoms with Gasteiger partial charge >= 0.3 is 0 Å². The summed E-state index contributed by atoms with van der Waals surface area (Å²) in [7, 11) is 0. The molecular weight excluding hydrogens is 216 g/mol. The molecule has 1 atom stereocenters. The number of anilines is 1. The standard InChI is InChI=1S/C13H18N2O2/c1-9-4-5-10(7-12(9)14)13(17)15-6-2-3-11(15)8-16/h4-5,7,11,16H,2-3,6,8,14H2,1H3/t11-/m0/s1. The summed E-state index contributed by atoms with van der Waals surface area (Å²) < 4.78 is 0. The number of amides is 1. The Hall–Kier alpha value is -1.55. The van der Waals surface area contributed by atoms with Crippen molar-refractivity contribution < 1.29 is 9.90 Å². The molecule has 0 radical (unpaired) electrons. The highest BCUT2D eigenvalue weighted by molar-refractivity contribution is 5.95. The lowest BCUT2D eigenvalue weighted by Gasteiger charge is -2.23. The number of likely N-dealkylation sites (tertiary alicyclic amines) is 1. The van der Waals surface area contributed by atoms with Crippen molar-refractivity contribution in [3.63, 3.8) is 0 Å². The zero-order valence-corrected chi connectivity index (χ0v) is 10.0. The van der Waals surface area contributed by atoms with Crippen molar-refractivity contribution >= 4 is 11.6 Å². The number of benzene rings is 1. The highest BCUT2D eigenvalue weighted by Gasteiger charge is 2.28. The van der Waals surface area contributed by atoms with E-state index in [1.54, 1.807) is 17.0 Å². The normalized spacial score (nSPS) is 19.6. The van der Waals surface area contributed by atoms with Crippen molar-refractivity contribution in [2.24, 2.45) is 0 Å². The third-order valence-electron chi connectivity index (χ3n) is 3.37. The zero-order valence-electron chi connectivity index (χ0n) is 10.0. The Morgan fingerprint density at radius 3 is 3.00 bits per heavy atom. The summed E-state index contributed by atoms with van der Waals surface area (Å²) in [6.45, 7) is 2.67. The van der Waals surface area contributed by atoms with Crippen molar-refractivity contribution in [3.05, 3.63) is 29.3 Å². The van der Waals surface area contributed by atoms with Crippen LogP contribution < -0.4 is 5.73 Å². The maximum atomic E-state index is 12.2. The summed E-state index contributed by atoms with van der Waals surface area (Å²) in [5.41, 5.74) is 8.02. The largest absolute Gasteiger partial charge is 0.398 e. The first kappa shape index (κ1) is 11.9.